The van der Waals surface area contributed by atoms with Crippen LogP contribution in [0, 0.1) is 5.21 Å². The summed E-state index contributed by atoms with van der Waals surface area (Å²) < 4.78 is 0.684. The van der Waals surface area contributed by atoms with E-state index in [1.54, 1.807) is 13.8 Å². The summed E-state index contributed by atoms with van der Waals surface area (Å²) in [5.41, 5.74) is -0.459. The zero-order valence-corrected chi connectivity index (χ0v) is 6.79. The smallest absolute Gasteiger partial charge is 0.285 e. The van der Waals surface area contributed by atoms with Gasteiger partial charge in [0.2, 0.25) is 11.5 Å². The first-order valence-electron chi connectivity index (χ1n) is 3.35. The van der Waals surface area contributed by atoms with Gasteiger partial charge in [0.05, 0.1) is 0 Å². The van der Waals surface area contributed by atoms with Gasteiger partial charge >= 0.3 is 0 Å². The van der Waals surface area contributed by atoms with Gasteiger partial charge in [0.25, 0.3) is 6.34 Å². The second kappa shape index (κ2) is 2.15. The lowest BCUT2D eigenvalue weighted by molar-refractivity contribution is -0.508. The van der Waals surface area contributed by atoms with Gasteiger partial charge in [-0.1, -0.05) is 0 Å². The van der Waals surface area contributed by atoms with Crippen LogP contribution in [0.1, 0.15) is 20.8 Å². The van der Waals surface area contributed by atoms with Crippen molar-refractivity contribution in [3.8, 4) is 0 Å². The minimum atomic E-state index is -0.786. The lowest BCUT2D eigenvalue weighted by Crippen LogP contribution is -2.41. The van der Waals surface area contributed by atoms with Crippen LogP contribution in [0.15, 0.2) is 4.99 Å². The molecule has 0 aliphatic carbocycles. The van der Waals surface area contributed by atoms with Gasteiger partial charge in [-0.15, -0.1) is 0 Å². The molecule has 60 valence electrons. The van der Waals surface area contributed by atoms with Crippen LogP contribution in [0.4, 0.5) is 0 Å². The van der Waals surface area contributed by atoms with Crippen molar-refractivity contribution >= 4 is 17.8 Å². The van der Waals surface area contributed by atoms with Crippen LogP contribution in [0.2, 0.25) is 0 Å². The molecule has 0 radical (unpaired) electrons. The first-order chi connectivity index (χ1) is 4.96. The summed E-state index contributed by atoms with van der Waals surface area (Å²) >= 11 is 0. The molecule has 11 heavy (non-hydrogen) atoms. The number of hydrogen-bond acceptors (Lipinski definition) is 3. The fraction of sp³-hybridized carbons (Fsp3) is 0.571. The third-order valence-corrected chi connectivity index (χ3v) is 1.76. The molecule has 0 saturated heterocycles. The average Bonchev–Trinajstić information content (AvgIpc) is 2.08. The minimum absolute atomic E-state index is 0.149. The zero-order valence-electron chi connectivity index (χ0n) is 6.79. The number of ketones is 1. The summed E-state index contributed by atoms with van der Waals surface area (Å²) in [4.78, 5) is 14.6. The summed E-state index contributed by atoms with van der Waals surface area (Å²) in [6, 6.07) is 0. The van der Waals surface area contributed by atoms with Crippen LogP contribution < -0.4 is 0 Å². The third kappa shape index (κ3) is 1.04. The van der Waals surface area contributed by atoms with Gasteiger partial charge in [0.1, 0.15) is 0 Å². The number of carbonyl (C=O) groups excluding carboxylic acids is 1. The molecule has 4 nitrogen and oxygen atoms in total. The monoisotopic (exact) mass is 154 g/mol. The number of hydrogen-bond donors (Lipinski definition) is 0. The van der Waals surface area contributed by atoms with Crippen LogP contribution in [-0.4, -0.2) is 28.1 Å². The van der Waals surface area contributed by atoms with Crippen LogP contribution in [0.5, 0.6) is 0 Å². The van der Waals surface area contributed by atoms with Crippen molar-refractivity contribution < 1.29 is 9.53 Å². The Labute approximate surface area is 64.8 Å². The molecule has 0 unspecified atom stereocenters. The Morgan fingerprint density at radius 1 is 1.73 bits per heavy atom. The van der Waals surface area contributed by atoms with Gasteiger partial charge in [-0.25, -0.2) is 0 Å². The highest BCUT2D eigenvalue weighted by Gasteiger charge is 2.40. The van der Waals surface area contributed by atoms with Crippen molar-refractivity contribution in [2.75, 3.05) is 0 Å². The van der Waals surface area contributed by atoms with E-state index < -0.39 is 5.54 Å². The lowest BCUT2D eigenvalue weighted by Gasteiger charge is -2.21. The van der Waals surface area contributed by atoms with Crippen LogP contribution in [-0.2, 0) is 4.79 Å². The Kier molecular flexibility index (Phi) is 1.55. The van der Waals surface area contributed by atoms with Gasteiger partial charge in [0.15, 0.2) is 5.54 Å². The number of Topliss-reactive ketones (excluding diaryl/α,β-unsaturated/α-hetero) is 1. The molecule has 1 aliphatic heterocycles. The number of rotatable bonds is 1. The average molecular weight is 154 g/mol. The topological polar surface area (TPSA) is 55.5 Å². The summed E-state index contributed by atoms with van der Waals surface area (Å²) in [5.74, 6) is -0.149. The molecule has 0 amide bonds. The van der Waals surface area contributed by atoms with Crippen molar-refractivity contribution in [1.29, 1.82) is 0 Å². The van der Waals surface area contributed by atoms with E-state index in [0.717, 1.165) is 6.34 Å². The predicted octanol–water partition coefficient (Wildman–Crippen LogP) is 0.347. The zero-order chi connectivity index (χ0) is 8.65. The van der Waals surface area contributed by atoms with Crippen LogP contribution in [0.3, 0.4) is 0 Å². The SMILES string of the molecule is CC(=O)C1=NC=[N+]([O-])C1(C)C. The molecule has 0 atom stereocenters. The molecule has 0 fully saturated rings. The molecule has 0 aromatic carbocycles. The second-order valence-electron chi connectivity index (χ2n) is 3.03. The maximum Gasteiger partial charge on any atom is 0.285 e. The second-order valence-corrected chi connectivity index (χ2v) is 3.03. The predicted molar refractivity (Wildman–Crippen MR) is 41.9 cm³/mol. The Morgan fingerprint density at radius 3 is 2.45 bits per heavy atom. The van der Waals surface area contributed by atoms with E-state index in [4.69, 9.17) is 0 Å². The molecule has 1 heterocycles. The molecular weight excluding hydrogens is 144 g/mol. The fourth-order valence-corrected chi connectivity index (χ4v) is 1.04. The first-order valence-corrected chi connectivity index (χ1v) is 3.35. The summed E-state index contributed by atoms with van der Waals surface area (Å²) in [7, 11) is 0. The Morgan fingerprint density at radius 2 is 2.27 bits per heavy atom. The summed E-state index contributed by atoms with van der Waals surface area (Å²) in [5, 5.41) is 11.0. The van der Waals surface area contributed by atoms with E-state index in [1.165, 1.54) is 6.92 Å². The Bertz CT molecular complexity index is 264. The van der Waals surface area contributed by atoms with Crippen molar-refractivity contribution in [2.24, 2.45) is 4.99 Å². The van der Waals surface area contributed by atoms with E-state index in [0.29, 0.717) is 10.5 Å². The molecule has 1 rings (SSSR count). The first kappa shape index (κ1) is 7.91. The third-order valence-electron chi connectivity index (χ3n) is 1.76. The summed E-state index contributed by atoms with van der Waals surface area (Å²) in [6.07, 6.45) is 1.14. The molecular formula is C7H10N2O2. The standard InChI is InChI=1S/C7H10N2O2/c1-5(10)6-7(2,3)9(11)4-8-6/h4H,1-3H3. The van der Waals surface area contributed by atoms with Gasteiger partial charge < -0.3 is 5.21 Å². The minimum Gasteiger partial charge on any atom is -0.715 e. The van der Waals surface area contributed by atoms with E-state index in [9.17, 15) is 10.0 Å². The van der Waals surface area contributed by atoms with Gasteiger partial charge in [-0.2, -0.15) is 0 Å². The van der Waals surface area contributed by atoms with Gasteiger partial charge in [0, 0.05) is 6.92 Å². The largest absolute Gasteiger partial charge is 0.715 e. The molecule has 0 N–H and O–H groups in total. The van der Waals surface area contributed by atoms with E-state index in [-0.39, 0.29) is 5.78 Å². The maximum absolute atomic E-state index is 11.0. The molecule has 0 bridgehead atoms. The molecule has 0 aromatic heterocycles. The van der Waals surface area contributed by atoms with Crippen molar-refractivity contribution in [3.63, 3.8) is 0 Å². The van der Waals surface area contributed by atoms with Crippen molar-refractivity contribution in [3.05, 3.63) is 5.21 Å². The normalized spacial score (nSPS) is 21.0. The molecule has 1 aliphatic rings. The summed E-state index contributed by atoms with van der Waals surface area (Å²) in [6.45, 7) is 4.75. The van der Waals surface area contributed by atoms with Gasteiger partial charge in [-0.05, 0) is 18.8 Å². The number of carbonyl (C=O) groups is 1. The van der Waals surface area contributed by atoms with E-state index in [1.807, 2.05) is 0 Å². The number of hydroxylamine groups is 1. The van der Waals surface area contributed by atoms with Crippen LogP contribution >= 0.6 is 0 Å². The lowest BCUT2D eigenvalue weighted by atomic mass is 9.97. The van der Waals surface area contributed by atoms with Crippen LogP contribution in [0.25, 0.3) is 0 Å². The van der Waals surface area contributed by atoms with E-state index in [2.05, 4.69) is 4.99 Å². The molecule has 4 heteroatoms. The fourth-order valence-electron chi connectivity index (χ4n) is 1.04. The highest BCUT2D eigenvalue weighted by Crippen LogP contribution is 2.15. The Hall–Kier alpha value is -1.19. The van der Waals surface area contributed by atoms with Crippen molar-refractivity contribution in [2.45, 2.75) is 26.3 Å². The maximum atomic E-state index is 11.0. The molecule has 0 spiro atoms. The van der Waals surface area contributed by atoms with E-state index >= 15 is 0 Å². The number of aliphatic imine (C=N–C) groups is 1. The van der Waals surface area contributed by atoms with Crippen molar-refractivity contribution in [1.82, 2.24) is 0 Å². The number of nitrogens with zero attached hydrogens (tertiary/aromatic N) is 2. The quantitative estimate of drug-likeness (QED) is 0.404. The highest BCUT2D eigenvalue weighted by atomic mass is 16.5. The molecule has 0 saturated carbocycles. The molecule has 0 aromatic rings. The van der Waals surface area contributed by atoms with Gasteiger partial charge in [-0.3, -0.25) is 9.53 Å². The highest BCUT2D eigenvalue weighted by molar-refractivity contribution is 6.43. The Balaban J connectivity index is 3.01.